The second-order valence-electron chi connectivity index (χ2n) is 7.74. The van der Waals surface area contributed by atoms with Crippen molar-refractivity contribution in [3.63, 3.8) is 0 Å². The molecule has 0 radical (unpaired) electrons. The number of piperazine rings is 1. The van der Waals surface area contributed by atoms with E-state index in [2.05, 4.69) is 52.9 Å². The van der Waals surface area contributed by atoms with Gasteiger partial charge in [0.05, 0.1) is 20.2 Å². The molecule has 1 saturated heterocycles. The number of carbonyl (C=O) groups is 1. The zero-order chi connectivity index (χ0) is 22.0. The molecule has 2 heterocycles. The summed E-state index contributed by atoms with van der Waals surface area (Å²) in [5.74, 6) is 2.46. The third-order valence-electron chi connectivity index (χ3n) is 5.73. The Labute approximate surface area is 202 Å². The molecule has 1 aliphatic heterocycles. The Morgan fingerprint density at radius 3 is 2.65 bits per heavy atom. The number of thiophene rings is 1. The van der Waals surface area contributed by atoms with Crippen molar-refractivity contribution < 1.29 is 9.18 Å². The first-order valence-corrected chi connectivity index (χ1v) is 12.5. The lowest BCUT2D eigenvalue weighted by atomic mass is 10.1. The number of halogens is 3. The van der Waals surface area contributed by atoms with Crippen molar-refractivity contribution in [2.75, 3.05) is 32.7 Å². The van der Waals surface area contributed by atoms with Crippen LogP contribution < -0.4 is 5.32 Å². The van der Waals surface area contributed by atoms with Crippen molar-refractivity contribution in [1.82, 2.24) is 15.1 Å². The van der Waals surface area contributed by atoms with Crippen LogP contribution in [0.25, 0.3) is 5.57 Å². The van der Waals surface area contributed by atoms with E-state index in [1.807, 2.05) is 12.1 Å². The predicted molar refractivity (Wildman–Crippen MR) is 130 cm³/mol. The summed E-state index contributed by atoms with van der Waals surface area (Å²) in [7, 11) is 0. The van der Waals surface area contributed by atoms with Crippen molar-refractivity contribution >= 4 is 54.7 Å². The van der Waals surface area contributed by atoms with Gasteiger partial charge < -0.3 is 5.32 Å². The van der Waals surface area contributed by atoms with Gasteiger partial charge >= 0.3 is 0 Å². The normalized spacial score (nSPS) is 20.6. The largest absolute Gasteiger partial charge is 0.348 e. The maximum Gasteiger partial charge on any atom is 0.234 e. The third kappa shape index (κ3) is 5.12. The van der Waals surface area contributed by atoms with E-state index in [1.165, 1.54) is 6.07 Å². The van der Waals surface area contributed by atoms with Crippen LogP contribution in [0.5, 0.6) is 0 Å². The fraction of sp³-hybridized carbons (Fsp3) is 0.348. The fourth-order valence-electron chi connectivity index (χ4n) is 4.19. The molecule has 1 amide bonds. The number of amides is 1. The van der Waals surface area contributed by atoms with E-state index in [-0.39, 0.29) is 17.8 Å². The zero-order valence-electron chi connectivity index (χ0n) is 16.8. The Balaban J connectivity index is 1.31. The third-order valence-corrected chi connectivity index (χ3v) is 8.30. The smallest absolute Gasteiger partial charge is 0.234 e. The number of fused-ring (bicyclic) bond motifs is 1. The van der Waals surface area contributed by atoms with E-state index >= 15 is 0 Å². The van der Waals surface area contributed by atoms with Crippen LogP contribution in [0.3, 0.4) is 0 Å². The Morgan fingerprint density at radius 1 is 1.23 bits per heavy atom. The maximum absolute atomic E-state index is 13.9. The van der Waals surface area contributed by atoms with Crippen LogP contribution >= 0.6 is 43.2 Å². The number of rotatable bonds is 5. The quantitative estimate of drug-likeness (QED) is 0.528. The first kappa shape index (κ1) is 22.7. The molecule has 0 saturated carbocycles. The van der Waals surface area contributed by atoms with Crippen molar-refractivity contribution in [1.29, 1.82) is 0 Å². The topological polar surface area (TPSA) is 35.6 Å². The van der Waals surface area contributed by atoms with Gasteiger partial charge in [-0.3, -0.25) is 14.6 Å². The fourth-order valence-corrected chi connectivity index (χ4v) is 7.61. The number of allylic oxidation sites excluding steroid dienone is 1. The highest BCUT2D eigenvalue weighted by Crippen LogP contribution is 2.51. The van der Waals surface area contributed by atoms with Crippen molar-refractivity contribution in [3.05, 3.63) is 60.4 Å². The Morgan fingerprint density at radius 2 is 1.94 bits per heavy atom. The lowest BCUT2D eigenvalue weighted by Gasteiger charge is -2.34. The number of hydrogen-bond acceptors (Lipinski definition) is 4. The predicted octanol–water partition coefficient (Wildman–Crippen LogP) is 4.81. The summed E-state index contributed by atoms with van der Waals surface area (Å²) in [4.78, 5) is 17.2. The molecular weight excluding hydrogens is 545 g/mol. The van der Waals surface area contributed by atoms with Gasteiger partial charge in [0.15, 0.2) is 0 Å². The number of nitrogens with one attached hydrogen (secondary N) is 1. The molecule has 1 aromatic carbocycles. The summed E-state index contributed by atoms with van der Waals surface area (Å²) in [5, 5.41) is 3.19. The first-order chi connectivity index (χ1) is 15.0. The molecule has 2 aromatic rings. The number of nitrogens with zero attached hydrogens (tertiary/aromatic N) is 2. The second-order valence-corrected chi connectivity index (χ2v) is 11.4. The first-order valence-electron chi connectivity index (χ1n) is 10.1. The molecule has 1 aromatic heterocycles. The van der Waals surface area contributed by atoms with E-state index in [1.54, 1.807) is 23.5 Å². The summed E-state index contributed by atoms with van der Waals surface area (Å²) in [5.41, 5.74) is 3.98. The van der Waals surface area contributed by atoms with Crippen LogP contribution in [-0.4, -0.2) is 48.4 Å². The van der Waals surface area contributed by atoms with Crippen LogP contribution in [0.15, 0.2) is 37.9 Å². The summed E-state index contributed by atoms with van der Waals surface area (Å²) < 4.78 is 15.9. The maximum atomic E-state index is 13.9. The van der Waals surface area contributed by atoms with Crippen molar-refractivity contribution in [2.45, 2.75) is 19.0 Å². The molecule has 1 N–H and O–H groups in total. The van der Waals surface area contributed by atoms with Gasteiger partial charge in [-0.05, 0) is 56.0 Å². The molecule has 4 nitrogen and oxygen atoms in total. The minimum atomic E-state index is -0.162. The van der Waals surface area contributed by atoms with Gasteiger partial charge in [-0.15, -0.1) is 17.8 Å². The van der Waals surface area contributed by atoms with E-state index in [9.17, 15) is 9.18 Å². The summed E-state index contributed by atoms with van der Waals surface area (Å²) >= 11 is 8.85. The van der Waals surface area contributed by atoms with Gasteiger partial charge in [-0.1, -0.05) is 24.1 Å². The van der Waals surface area contributed by atoms with Gasteiger partial charge in [0, 0.05) is 49.4 Å². The summed E-state index contributed by atoms with van der Waals surface area (Å²) in [6.07, 6.45) is 7.97. The molecule has 2 aliphatic rings. The molecule has 1 atom stereocenters. The van der Waals surface area contributed by atoms with Crippen molar-refractivity contribution in [3.8, 4) is 12.3 Å². The molecule has 162 valence electrons. The molecule has 1 fully saturated rings. The number of benzene rings is 1. The van der Waals surface area contributed by atoms with Crippen LogP contribution in [0.4, 0.5) is 4.39 Å². The van der Waals surface area contributed by atoms with Crippen LogP contribution in [-0.2, 0) is 11.3 Å². The standard InChI is InChI=1S/C23H22Br2FN3OS/c1-2-5-15-12-18(21-20(15)22(24)31-23(21)25)27-19(30)14-29-10-8-28(9-11-29)13-16-6-3-4-7-17(16)26/h1,3-7,18H,8-14H2,(H,27,30)/b15-5+. The highest BCUT2D eigenvalue weighted by atomic mass is 79.9. The van der Waals surface area contributed by atoms with Gasteiger partial charge in [0.1, 0.15) is 5.82 Å². The highest BCUT2D eigenvalue weighted by Gasteiger charge is 2.34. The number of terminal acetylenes is 1. The lowest BCUT2D eigenvalue weighted by molar-refractivity contribution is -0.123. The van der Waals surface area contributed by atoms with Gasteiger partial charge in [-0.2, -0.15) is 0 Å². The minimum absolute atomic E-state index is 0.00897. The summed E-state index contributed by atoms with van der Waals surface area (Å²) in [6, 6.07) is 6.82. The number of carbonyl (C=O) groups excluding carboxylic acids is 1. The van der Waals surface area contributed by atoms with E-state index in [4.69, 9.17) is 6.42 Å². The Kier molecular flexibility index (Phi) is 7.29. The molecule has 4 rings (SSSR count). The minimum Gasteiger partial charge on any atom is -0.348 e. The number of hydrogen-bond donors (Lipinski definition) is 1. The van der Waals surface area contributed by atoms with Crippen LogP contribution in [0.2, 0.25) is 0 Å². The average Bonchev–Trinajstić information content (AvgIpc) is 3.24. The molecule has 1 aliphatic carbocycles. The lowest BCUT2D eigenvalue weighted by Crippen LogP contribution is -2.49. The monoisotopic (exact) mass is 565 g/mol. The molecule has 0 bridgehead atoms. The van der Waals surface area contributed by atoms with Crippen LogP contribution in [0, 0.1) is 18.2 Å². The Hall–Kier alpha value is -1.50. The highest BCUT2D eigenvalue weighted by molar-refractivity contribution is 9.12. The van der Waals surface area contributed by atoms with Gasteiger partial charge in [-0.25, -0.2) is 4.39 Å². The molecule has 0 spiro atoms. The van der Waals surface area contributed by atoms with Crippen LogP contribution in [0.1, 0.15) is 29.2 Å². The SMILES string of the molecule is C#C/C=C1\CC(NC(=O)CN2CCN(Cc3ccccc3F)CC2)c2c(Br)sc(Br)c21. The molecular formula is C23H22Br2FN3OS. The van der Waals surface area contributed by atoms with E-state index in [0.29, 0.717) is 25.1 Å². The van der Waals surface area contributed by atoms with E-state index in [0.717, 1.165) is 50.5 Å². The van der Waals surface area contributed by atoms with Gasteiger partial charge in [0.2, 0.25) is 5.91 Å². The summed E-state index contributed by atoms with van der Waals surface area (Å²) in [6.45, 7) is 4.15. The average molecular weight is 567 g/mol. The van der Waals surface area contributed by atoms with Gasteiger partial charge in [0.25, 0.3) is 0 Å². The zero-order valence-corrected chi connectivity index (χ0v) is 20.8. The second kappa shape index (κ2) is 9.97. The van der Waals surface area contributed by atoms with E-state index < -0.39 is 0 Å². The molecule has 31 heavy (non-hydrogen) atoms. The Bertz CT molecular complexity index is 1050. The van der Waals surface area contributed by atoms with Crippen molar-refractivity contribution in [2.24, 2.45) is 0 Å². The molecule has 1 unspecified atom stereocenters. The molecule has 8 heteroatoms.